The van der Waals surface area contributed by atoms with E-state index in [1.807, 2.05) is 0 Å². The van der Waals surface area contributed by atoms with Crippen LogP contribution < -0.4 is 0 Å². The molecule has 0 aliphatic rings. The van der Waals surface area contributed by atoms with E-state index in [-0.39, 0.29) is 6.04 Å². The molecule has 0 spiro atoms. The van der Waals surface area contributed by atoms with Crippen LogP contribution in [0.25, 0.3) is 0 Å². The van der Waals surface area contributed by atoms with Crippen molar-refractivity contribution in [2.75, 3.05) is 0 Å². The first-order valence-corrected chi connectivity index (χ1v) is 10.5. The Balaban J connectivity index is 3.28. The number of unbranched alkanes of at least 4 members (excludes halogenated alkanes) is 11. The summed E-state index contributed by atoms with van der Waals surface area (Å²) < 4.78 is 0. The second-order valence-corrected chi connectivity index (χ2v) is 7.14. The molecule has 0 aromatic carbocycles. The average Bonchev–Trinajstić information content (AvgIpc) is 2.57. The summed E-state index contributed by atoms with van der Waals surface area (Å²) in [6.45, 7) is 4.35. The molecular weight excluding hydrogens is 298 g/mol. The van der Waals surface area contributed by atoms with E-state index < -0.39 is 0 Å². The summed E-state index contributed by atoms with van der Waals surface area (Å²) >= 11 is 0. The lowest BCUT2D eigenvalue weighted by Gasteiger charge is -2.19. The monoisotopic (exact) mass is 341 g/mol. The van der Waals surface area contributed by atoms with Gasteiger partial charge in [-0.05, 0) is 38.5 Å². The Bertz CT molecular complexity index is 267. The summed E-state index contributed by atoms with van der Waals surface area (Å²) in [6.07, 6.45) is 24.4. The number of hydrogen-bond donors (Lipinski definition) is 2. The van der Waals surface area contributed by atoms with Gasteiger partial charge in [0.1, 0.15) is 0 Å². The first-order valence-electron chi connectivity index (χ1n) is 10.5. The Kier molecular flexibility index (Phi) is 18.7. The minimum Gasteiger partial charge on any atom is -0.289 e. The predicted molar refractivity (Wildman–Crippen MR) is 104 cm³/mol. The molecule has 0 radical (unpaired) electrons. The van der Waals surface area contributed by atoms with Crippen LogP contribution >= 0.6 is 0 Å². The van der Waals surface area contributed by atoms with Crippen LogP contribution in [0.3, 0.4) is 0 Å². The maximum Gasteiger partial charge on any atom is 0.0623 e. The molecule has 1 atom stereocenters. The number of allylic oxidation sites excluding steroid dienone is 2. The lowest BCUT2D eigenvalue weighted by atomic mass is 10.0. The van der Waals surface area contributed by atoms with Crippen LogP contribution in [-0.2, 0) is 0 Å². The van der Waals surface area contributed by atoms with Gasteiger partial charge in [0.25, 0.3) is 0 Å². The Hall–Kier alpha value is -0.380. The highest BCUT2D eigenvalue weighted by Crippen LogP contribution is 2.14. The lowest BCUT2D eigenvalue weighted by Crippen LogP contribution is -2.28. The zero-order chi connectivity index (χ0) is 17.9. The minimum absolute atomic E-state index is 0.0834. The summed E-state index contributed by atoms with van der Waals surface area (Å²) in [5.74, 6) is 0. The van der Waals surface area contributed by atoms with E-state index in [2.05, 4.69) is 26.0 Å². The molecule has 0 rings (SSSR count). The third kappa shape index (κ3) is 16.5. The molecule has 0 aliphatic heterocycles. The first-order chi connectivity index (χ1) is 11.7. The van der Waals surface area contributed by atoms with Crippen LogP contribution in [0.2, 0.25) is 0 Å². The van der Waals surface area contributed by atoms with Crippen molar-refractivity contribution in [1.82, 2.24) is 5.23 Å². The van der Waals surface area contributed by atoms with Crippen LogP contribution in [0.15, 0.2) is 12.2 Å². The van der Waals surface area contributed by atoms with Crippen LogP contribution in [0.4, 0.5) is 0 Å². The van der Waals surface area contributed by atoms with Crippen molar-refractivity contribution < 1.29 is 10.4 Å². The first kappa shape index (κ1) is 23.6. The van der Waals surface area contributed by atoms with E-state index in [1.165, 1.54) is 77.0 Å². The Labute approximate surface area is 151 Å². The highest BCUT2D eigenvalue weighted by atomic mass is 16.8. The van der Waals surface area contributed by atoms with E-state index in [9.17, 15) is 0 Å². The molecule has 0 fully saturated rings. The third-order valence-electron chi connectivity index (χ3n) is 4.75. The molecular formula is C21H43NO2. The van der Waals surface area contributed by atoms with Gasteiger partial charge in [0, 0.05) is 0 Å². The SMILES string of the molecule is CCCCCCCC/C=C\CCCCCCCC(CCC)N(O)O. The van der Waals surface area contributed by atoms with Crippen LogP contribution in [-0.4, -0.2) is 21.7 Å². The van der Waals surface area contributed by atoms with Gasteiger partial charge in [0.05, 0.1) is 6.04 Å². The molecule has 0 saturated heterocycles. The van der Waals surface area contributed by atoms with Gasteiger partial charge in [-0.25, -0.2) is 0 Å². The fourth-order valence-electron chi connectivity index (χ4n) is 3.16. The lowest BCUT2D eigenvalue weighted by molar-refractivity contribution is -0.333. The summed E-state index contributed by atoms with van der Waals surface area (Å²) in [6, 6.07) is -0.0834. The molecule has 0 amide bonds. The fourth-order valence-corrected chi connectivity index (χ4v) is 3.16. The largest absolute Gasteiger partial charge is 0.289 e. The molecule has 0 aromatic rings. The van der Waals surface area contributed by atoms with Crippen molar-refractivity contribution in [3.63, 3.8) is 0 Å². The molecule has 0 saturated carbocycles. The zero-order valence-electron chi connectivity index (χ0n) is 16.4. The van der Waals surface area contributed by atoms with Gasteiger partial charge in [-0.1, -0.05) is 95.4 Å². The fraction of sp³-hybridized carbons (Fsp3) is 0.905. The van der Waals surface area contributed by atoms with Crippen LogP contribution in [0, 0.1) is 0 Å². The predicted octanol–water partition coefficient (Wildman–Crippen LogP) is 7.27. The number of hydroxylamine groups is 2. The highest BCUT2D eigenvalue weighted by molar-refractivity contribution is 4.81. The van der Waals surface area contributed by atoms with E-state index in [0.717, 1.165) is 25.7 Å². The molecule has 2 N–H and O–H groups in total. The molecule has 3 heteroatoms. The molecule has 0 aromatic heterocycles. The standard InChI is InChI=1S/C21H43NO2/c1-3-5-6-7-8-9-10-11-12-13-14-15-16-17-18-20-21(19-4-2)22(23)24/h11-12,21,23-24H,3-10,13-20H2,1-2H3/b12-11-. The van der Waals surface area contributed by atoms with Gasteiger partial charge in [-0.3, -0.25) is 10.4 Å². The average molecular weight is 342 g/mol. The van der Waals surface area contributed by atoms with E-state index >= 15 is 0 Å². The molecule has 1 unspecified atom stereocenters. The van der Waals surface area contributed by atoms with Crippen LogP contribution in [0.1, 0.15) is 117 Å². The van der Waals surface area contributed by atoms with Crippen molar-refractivity contribution in [3.8, 4) is 0 Å². The Morgan fingerprint density at radius 1 is 0.625 bits per heavy atom. The van der Waals surface area contributed by atoms with Crippen LogP contribution in [0.5, 0.6) is 0 Å². The quantitative estimate of drug-likeness (QED) is 0.156. The van der Waals surface area contributed by atoms with Crippen molar-refractivity contribution >= 4 is 0 Å². The second-order valence-electron chi connectivity index (χ2n) is 7.14. The van der Waals surface area contributed by atoms with Gasteiger partial charge >= 0.3 is 0 Å². The topological polar surface area (TPSA) is 43.7 Å². The van der Waals surface area contributed by atoms with Gasteiger partial charge in [0.2, 0.25) is 0 Å². The molecule has 0 aliphatic carbocycles. The molecule has 0 bridgehead atoms. The van der Waals surface area contributed by atoms with E-state index in [4.69, 9.17) is 10.4 Å². The molecule has 24 heavy (non-hydrogen) atoms. The van der Waals surface area contributed by atoms with Gasteiger partial charge in [0.15, 0.2) is 0 Å². The minimum atomic E-state index is -0.0834. The smallest absolute Gasteiger partial charge is 0.0623 e. The maximum atomic E-state index is 9.14. The summed E-state index contributed by atoms with van der Waals surface area (Å²) in [5, 5.41) is 18.7. The van der Waals surface area contributed by atoms with Crippen molar-refractivity contribution in [3.05, 3.63) is 12.2 Å². The van der Waals surface area contributed by atoms with Crippen molar-refractivity contribution in [2.24, 2.45) is 0 Å². The molecule has 144 valence electrons. The number of rotatable bonds is 18. The van der Waals surface area contributed by atoms with Gasteiger partial charge in [-0.15, -0.1) is 0 Å². The van der Waals surface area contributed by atoms with Crippen molar-refractivity contribution in [2.45, 2.75) is 123 Å². The summed E-state index contributed by atoms with van der Waals surface area (Å²) in [5.41, 5.74) is 0. The Morgan fingerprint density at radius 2 is 1.12 bits per heavy atom. The Morgan fingerprint density at radius 3 is 1.62 bits per heavy atom. The number of hydrogen-bond acceptors (Lipinski definition) is 3. The second kappa shape index (κ2) is 19.0. The molecule has 0 heterocycles. The maximum absolute atomic E-state index is 9.14. The highest BCUT2D eigenvalue weighted by Gasteiger charge is 2.12. The molecule has 3 nitrogen and oxygen atoms in total. The third-order valence-corrected chi connectivity index (χ3v) is 4.75. The summed E-state index contributed by atoms with van der Waals surface area (Å²) in [4.78, 5) is 0. The van der Waals surface area contributed by atoms with Gasteiger partial charge < -0.3 is 0 Å². The van der Waals surface area contributed by atoms with E-state index in [0.29, 0.717) is 5.23 Å². The van der Waals surface area contributed by atoms with Crippen molar-refractivity contribution in [1.29, 1.82) is 0 Å². The zero-order valence-corrected chi connectivity index (χ0v) is 16.4. The number of nitrogens with zero attached hydrogens (tertiary/aromatic N) is 1. The van der Waals surface area contributed by atoms with Gasteiger partial charge in [-0.2, -0.15) is 0 Å². The van der Waals surface area contributed by atoms with E-state index in [1.54, 1.807) is 0 Å². The normalized spacial score (nSPS) is 13.2. The summed E-state index contributed by atoms with van der Waals surface area (Å²) in [7, 11) is 0.